The van der Waals surface area contributed by atoms with Gasteiger partial charge in [0.05, 0.1) is 16.3 Å². The Morgan fingerprint density at radius 1 is 0.839 bits per heavy atom. The summed E-state index contributed by atoms with van der Waals surface area (Å²) in [7, 11) is -3.64. The molecule has 0 fully saturated rings. The molecule has 0 bridgehead atoms. The van der Waals surface area contributed by atoms with Crippen molar-refractivity contribution in [3.63, 3.8) is 0 Å². The second kappa shape index (κ2) is 8.03. The van der Waals surface area contributed by atoms with Crippen molar-refractivity contribution >= 4 is 44.9 Å². The van der Waals surface area contributed by atoms with Crippen molar-refractivity contribution in [3.8, 4) is 0 Å². The van der Waals surface area contributed by atoms with Gasteiger partial charge in [0.15, 0.2) is 0 Å². The molecule has 0 aliphatic carbocycles. The van der Waals surface area contributed by atoms with Crippen molar-refractivity contribution in [3.05, 3.63) is 72.8 Å². The van der Waals surface area contributed by atoms with E-state index in [0.29, 0.717) is 5.69 Å². The number of para-hydroxylation sites is 2. The van der Waals surface area contributed by atoms with Crippen molar-refractivity contribution in [2.24, 2.45) is 0 Å². The summed E-state index contributed by atoms with van der Waals surface area (Å²) in [4.78, 5) is 17.0. The van der Waals surface area contributed by atoms with Crippen LogP contribution in [-0.4, -0.2) is 20.0 Å². The highest BCUT2D eigenvalue weighted by Gasteiger charge is 2.28. The second-order valence-corrected chi connectivity index (χ2v) is 10.9. The van der Waals surface area contributed by atoms with Crippen LogP contribution in [0.1, 0.15) is 20.8 Å². The summed E-state index contributed by atoms with van der Waals surface area (Å²) >= 11 is 1.62. The van der Waals surface area contributed by atoms with E-state index < -0.39 is 15.6 Å². The summed E-state index contributed by atoms with van der Waals surface area (Å²) in [5.41, 5.74) is 1.53. The van der Waals surface area contributed by atoms with Crippen LogP contribution in [0.4, 0.5) is 21.9 Å². The van der Waals surface area contributed by atoms with Gasteiger partial charge in [-0.2, -0.15) is 0 Å². The molecule has 0 saturated heterocycles. The first-order valence-electron chi connectivity index (χ1n) is 9.75. The molecular weight excluding hydrogens is 430 g/mol. The van der Waals surface area contributed by atoms with Gasteiger partial charge in [0, 0.05) is 21.0 Å². The highest BCUT2D eigenvalue weighted by molar-refractivity contribution is 7.99. The zero-order valence-corrected chi connectivity index (χ0v) is 19.0. The van der Waals surface area contributed by atoms with Crippen LogP contribution in [0.3, 0.4) is 0 Å². The first-order valence-corrected chi connectivity index (χ1v) is 12.1. The lowest BCUT2D eigenvalue weighted by Crippen LogP contribution is -2.40. The number of amides is 2. The van der Waals surface area contributed by atoms with Gasteiger partial charge in [-0.3, -0.25) is 4.90 Å². The summed E-state index contributed by atoms with van der Waals surface area (Å²) < 4.78 is 27.6. The zero-order chi connectivity index (χ0) is 22.2. The predicted octanol–water partition coefficient (Wildman–Crippen LogP) is 5.60. The fourth-order valence-electron chi connectivity index (χ4n) is 3.28. The summed E-state index contributed by atoms with van der Waals surface area (Å²) in [5.74, 6) is 0. The molecule has 31 heavy (non-hydrogen) atoms. The Balaban J connectivity index is 1.60. The Hall–Kier alpha value is -2.81. The molecule has 8 heteroatoms. The third-order valence-corrected chi connectivity index (χ3v) is 7.40. The van der Waals surface area contributed by atoms with E-state index in [0.717, 1.165) is 21.2 Å². The molecule has 0 saturated carbocycles. The molecule has 4 rings (SSSR count). The fourth-order valence-corrected chi connectivity index (χ4v) is 5.76. The van der Waals surface area contributed by atoms with Crippen LogP contribution in [0.2, 0.25) is 0 Å². The number of hydrogen-bond donors (Lipinski definition) is 2. The van der Waals surface area contributed by atoms with Crippen molar-refractivity contribution in [1.29, 1.82) is 0 Å². The topological polar surface area (TPSA) is 78.5 Å². The smallest absolute Gasteiger partial charge is 0.307 e. The molecule has 0 spiro atoms. The molecule has 1 heterocycles. The number of sulfonamides is 1. The van der Waals surface area contributed by atoms with E-state index in [1.54, 1.807) is 49.6 Å². The van der Waals surface area contributed by atoms with Crippen LogP contribution in [0, 0.1) is 0 Å². The Labute approximate surface area is 186 Å². The number of fused-ring (bicyclic) bond motifs is 2. The summed E-state index contributed by atoms with van der Waals surface area (Å²) in [6, 6.07) is 21.3. The van der Waals surface area contributed by atoms with Gasteiger partial charge in [-0.25, -0.2) is 17.9 Å². The quantitative estimate of drug-likeness (QED) is 0.541. The van der Waals surface area contributed by atoms with Crippen LogP contribution in [0.15, 0.2) is 87.5 Å². The van der Waals surface area contributed by atoms with E-state index in [1.807, 2.05) is 48.5 Å². The highest BCUT2D eigenvalue weighted by atomic mass is 32.2. The standard InChI is InChI=1S/C23H23N3O3S2/c1-23(2,3)25-31(28,29)17-14-12-16(13-15-17)24-22(27)26-18-8-4-6-10-20(18)30-21-11-7-5-9-19(21)26/h4-15,25H,1-3H3,(H,24,27). The molecule has 3 aromatic rings. The van der Waals surface area contributed by atoms with Crippen molar-refractivity contribution < 1.29 is 13.2 Å². The Bertz CT molecular complexity index is 1190. The van der Waals surface area contributed by atoms with Crippen molar-refractivity contribution in [2.75, 3.05) is 10.2 Å². The molecule has 3 aromatic carbocycles. The minimum absolute atomic E-state index is 0.144. The van der Waals surface area contributed by atoms with Crippen molar-refractivity contribution in [2.45, 2.75) is 41.0 Å². The number of carbonyl (C=O) groups excluding carboxylic acids is 1. The molecule has 0 unspecified atom stereocenters. The molecule has 1 aliphatic rings. The maximum Gasteiger partial charge on any atom is 0.331 e. The van der Waals surface area contributed by atoms with E-state index in [4.69, 9.17) is 0 Å². The summed E-state index contributed by atoms with van der Waals surface area (Å²) in [6.45, 7) is 5.35. The molecule has 2 N–H and O–H groups in total. The Morgan fingerprint density at radius 2 is 1.35 bits per heavy atom. The number of carbonyl (C=O) groups is 1. The van der Waals surface area contributed by atoms with E-state index in [1.165, 1.54) is 12.1 Å². The van der Waals surface area contributed by atoms with Crippen LogP contribution in [0.25, 0.3) is 0 Å². The minimum atomic E-state index is -3.64. The average molecular weight is 454 g/mol. The maximum atomic E-state index is 13.2. The normalized spacial score (nSPS) is 13.3. The first-order chi connectivity index (χ1) is 14.6. The van der Waals surface area contributed by atoms with E-state index >= 15 is 0 Å². The van der Waals surface area contributed by atoms with Crippen LogP contribution < -0.4 is 14.9 Å². The molecule has 1 aliphatic heterocycles. The van der Waals surface area contributed by atoms with Gasteiger partial charge >= 0.3 is 6.03 Å². The molecule has 6 nitrogen and oxygen atoms in total. The van der Waals surface area contributed by atoms with Gasteiger partial charge in [0.25, 0.3) is 0 Å². The van der Waals surface area contributed by atoms with Crippen LogP contribution in [0.5, 0.6) is 0 Å². The van der Waals surface area contributed by atoms with Gasteiger partial charge in [0.1, 0.15) is 0 Å². The zero-order valence-electron chi connectivity index (χ0n) is 17.4. The lowest BCUT2D eigenvalue weighted by Gasteiger charge is -2.31. The van der Waals surface area contributed by atoms with E-state index in [9.17, 15) is 13.2 Å². The van der Waals surface area contributed by atoms with E-state index in [2.05, 4.69) is 10.0 Å². The summed E-state index contributed by atoms with van der Waals surface area (Å²) in [6.07, 6.45) is 0. The molecule has 0 atom stereocenters. The number of urea groups is 1. The van der Waals surface area contributed by atoms with Crippen molar-refractivity contribution in [1.82, 2.24) is 4.72 Å². The molecule has 0 aromatic heterocycles. The lowest BCUT2D eigenvalue weighted by molar-refractivity contribution is 0.259. The minimum Gasteiger partial charge on any atom is -0.307 e. The third-order valence-electron chi connectivity index (χ3n) is 4.49. The predicted molar refractivity (Wildman–Crippen MR) is 125 cm³/mol. The number of nitrogens with one attached hydrogen (secondary N) is 2. The molecule has 0 radical (unpaired) electrons. The largest absolute Gasteiger partial charge is 0.331 e. The Kier molecular flexibility index (Phi) is 5.55. The van der Waals surface area contributed by atoms with Gasteiger partial charge in [-0.1, -0.05) is 36.0 Å². The highest BCUT2D eigenvalue weighted by Crippen LogP contribution is 2.48. The fraction of sp³-hybridized carbons (Fsp3) is 0.174. The second-order valence-electron chi connectivity index (χ2n) is 8.18. The average Bonchev–Trinajstić information content (AvgIpc) is 2.70. The van der Waals surface area contributed by atoms with Crippen LogP contribution in [-0.2, 0) is 10.0 Å². The lowest BCUT2D eigenvalue weighted by atomic mass is 10.1. The van der Waals surface area contributed by atoms with Gasteiger partial charge < -0.3 is 5.32 Å². The third kappa shape index (κ3) is 4.61. The number of hydrogen-bond acceptors (Lipinski definition) is 4. The number of rotatable bonds is 3. The van der Waals surface area contributed by atoms with Gasteiger partial charge in [-0.05, 0) is 69.3 Å². The number of anilines is 3. The van der Waals surface area contributed by atoms with Gasteiger partial charge in [-0.15, -0.1) is 0 Å². The van der Waals surface area contributed by atoms with Crippen LogP contribution >= 0.6 is 11.8 Å². The molecular formula is C23H23N3O3S2. The van der Waals surface area contributed by atoms with E-state index in [-0.39, 0.29) is 10.9 Å². The first kappa shape index (κ1) is 21.4. The Morgan fingerprint density at radius 3 is 1.87 bits per heavy atom. The summed E-state index contributed by atoms with van der Waals surface area (Å²) in [5, 5.41) is 2.88. The number of benzene rings is 3. The SMILES string of the molecule is CC(C)(C)NS(=O)(=O)c1ccc(NC(=O)N2c3ccccc3Sc3ccccc32)cc1. The molecule has 2 amide bonds. The molecule has 160 valence electrons. The monoisotopic (exact) mass is 453 g/mol. The maximum absolute atomic E-state index is 13.2. The number of nitrogens with zero attached hydrogens (tertiary/aromatic N) is 1. The van der Waals surface area contributed by atoms with Gasteiger partial charge in [0.2, 0.25) is 10.0 Å².